The number of pyridine rings is 1. The molecule has 12 nitrogen and oxygen atoms in total. The van der Waals surface area contributed by atoms with E-state index in [1.807, 2.05) is 69.3 Å². The van der Waals surface area contributed by atoms with Gasteiger partial charge >= 0.3 is 6.03 Å². The third-order valence-electron chi connectivity index (χ3n) is 8.95. The van der Waals surface area contributed by atoms with Gasteiger partial charge in [0.1, 0.15) is 33.4 Å². The normalized spacial score (nSPS) is 20.1. The fourth-order valence-electron chi connectivity index (χ4n) is 6.59. The van der Waals surface area contributed by atoms with E-state index in [-0.39, 0.29) is 36.0 Å². The number of hydrogen-bond acceptors (Lipinski definition) is 9. The SMILES string of the molecule is COCCNC(C)(C)C=C(C#N)C(=O)N1CCCC(NC(=O)[C@@H]2Sc3nccc4c3C2NC(=O)N4c2ccc(Oc3ccccc3)cc2C)C1. The van der Waals surface area contributed by atoms with Gasteiger partial charge in [0, 0.05) is 50.1 Å². The van der Waals surface area contributed by atoms with Gasteiger partial charge in [-0.3, -0.25) is 14.5 Å². The van der Waals surface area contributed by atoms with Crippen LogP contribution in [0, 0.1) is 18.3 Å². The number of para-hydroxylation sites is 1. The minimum absolute atomic E-state index is 0.0513. The van der Waals surface area contributed by atoms with Crippen molar-refractivity contribution >= 4 is 41.0 Å². The minimum atomic E-state index is -0.646. The molecule has 1 aromatic heterocycles. The molecule has 50 heavy (non-hydrogen) atoms. The second kappa shape index (κ2) is 14.9. The Morgan fingerprint density at radius 2 is 1.96 bits per heavy atom. The standard InChI is InChI=1S/C37H41N7O5S/c1-23-19-27(49-26-10-6-5-7-11-26)12-13-28(23)44-29-14-15-39-34-30(29)31(42-36(44)47)32(50-34)33(45)41-25-9-8-17-43(22-25)35(46)24(21-38)20-37(2,3)40-16-18-48-4/h5-7,10-15,19-20,25,31-32,40H,8-9,16-18,22H2,1-4H3,(H,41,45)(H,42,47)/t25?,31?,32-/m1/s1. The molecule has 260 valence electrons. The van der Waals surface area contributed by atoms with E-state index in [2.05, 4.69) is 27.0 Å². The first kappa shape index (κ1) is 34.9. The van der Waals surface area contributed by atoms with Crippen LogP contribution in [0.1, 0.15) is 43.9 Å². The smallest absolute Gasteiger partial charge is 0.327 e. The number of carbonyl (C=O) groups is 3. The molecular weight excluding hydrogens is 655 g/mol. The summed E-state index contributed by atoms with van der Waals surface area (Å²) in [5.74, 6) is 0.768. The summed E-state index contributed by atoms with van der Waals surface area (Å²) in [7, 11) is 1.61. The van der Waals surface area contributed by atoms with Crippen molar-refractivity contribution < 1.29 is 23.9 Å². The number of hydrogen-bond donors (Lipinski definition) is 3. The third-order valence-corrected chi connectivity index (χ3v) is 10.2. The molecule has 0 radical (unpaired) electrons. The van der Waals surface area contributed by atoms with Crippen LogP contribution >= 0.6 is 11.8 Å². The van der Waals surface area contributed by atoms with Crippen LogP contribution in [0.4, 0.5) is 16.2 Å². The highest BCUT2D eigenvalue weighted by molar-refractivity contribution is 8.01. The molecule has 0 aliphatic carbocycles. The number of likely N-dealkylation sites (tertiary alicyclic amines) is 1. The molecule has 3 aromatic rings. The molecule has 2 aromatic carbocycles. The van der Waals surface area contributed by atoms with Crippen LogP contribution in [0.15, 0.2) is 77.5 Å². The Hall–Kier alpha value is -4.90. The molecule has 3 aliphatic heterocycles. The van der Waals surface area contributed by atoms with Gasteiger partial charge in [-0.05, 0) is 81.7 Å². The van der Waals surface area contributed by atoms with Gasteiger partial charge in [-0.15, -0.1) is 0 Å². The van der Waals surface area contributed by atoms with E-state index in [1.165, 1.54) is 11.8 Å². The number of methoxy groups -OCH3 is 1. The summed E-state index contributed by atoms with van der Waals surface area (Å²) < 4.78 is 11.1. The number of nitriles is 1. The molecule has 13 heteroatoms. The van der Waals surface area contributed by atoms with Gasteiger partial charge in [-0.1, -0.05) is 30.0 Å². The Balaban J connectivity index is 1.14. The third kappa shape index (κ3) is 7.47. The van der Waals surface area contributed by atoms with E-state index in [0.29, 0.717) is 60.4 Å². The first-order chi connectivity index (χ1) is 24.1. The van der Waals surface area contributed by atoms with E-state index in [1.54, 1.807) is 35.2 Å². The maximum atomic E-state index is 13.8. The van der Waals surface area contributed by atoms with Crippen molar-refractivity contribution in [3.63, 3.8) is 0 Å². The van der Waals surface area contributed by atoms with Crippen LogP contribution < -0.4 is 25.6 Å². The zero-order chi connectivity index (χ0) is 35.4. The molecular formula is C37H41N7O5S. The topological polar surface area (TPSA) is 149 Å². The number of benzene rings is 2. The zero-order valence-corrected chi connectivity index (χ0v) is 29.4. The Bertz CT molecular complexity index is 1840. The maximum absolute atomic E-state index is 13.8. The van der Waals surface area contributed by atoms with Crippen molar-refractivity contribution in [2.24, 2.45) is 0 Å². The summed E-state index contributed by atoms with van der Waals surface area (Å²) in [6.45, 7) is 7.56. The number of thioether (sulfide) groups is 1. The van der Waals surface area contributed by atoms with Crippen molar-refractivity contribution in [2.45, 2.75) is 61.5 Å². The number of aromatic nitrogens is 1. The second-order valence-corrected chi connectivity index (χ2v) is 14.3. The van der Waals surface area contributed by atoms with E-state index in [4.69, 9.17) is 9.47 Å². The Morgan fingerprint density at radius 3 is 2.70 bits per heavy atom. The first-order valence-corrected chi connectivity index (χ1v) is 17.5. The number of rotatable bonds is 11. The largest absolute Gasteiger partial charge is 0.457 e. The molecule has 3 aliphatic rings. The molecule has 6 rings (SSSR count). The van der Waals surface area contributed by atoms with Crippen molar-refractivity contribution in [1.29, 1.82) is 5.26 Å². The number of ether oxygens (including phenoxy) is 2. The summed E-state index contributed by atoms with van der Waals surface area (Å²) in [5, 5.41) is 19.4. The van der Waals surface area contributed by atoms with Gasteiger partial charge in [0.05, 0.1) is 24.0 Å². The lowest BCUT2D eigenvalue weighted by molar-refractivity contribution is -0.129. The lowest BCUT2D eigenvalue weighted by Crippen LogP contribution is -2.54. The van der Waals surface area contributed by atoms with Crippen LogP contribution in [-0.2, 0) is 14.3 Å². The lowest BCUT2D eigenvalue weighted by atomic mass is 9.98. The molecule has 4 amide bonds. The number of anilines is 2. The summed E-state index contributed by atoms with van der Waals surface area (Å²) in [5.41, 5.74) is 2.47. The summed E-state index contributed by atoms with van der Waals surface area (Å²) in [6, 6.07) is 17.7. The molecule has 3 atom stereocenters. The van der Waals surface area contributed by atoms with Crippen molar-refractivity contribution in [2.75, 3.05) is 38.3 Å². The summed E-state index contributed by atoms with van der Waals surface area (Å²) >= 11 is 1.32. The Labute approximate surface area is 296 Å². The molecule has 4 heterocycles. The zero-order valence-electron chi connectivity index (χ0n) is 28.6. The van der Waals surface area contributed by atoms with Crippen LogP contribution in [0.3, 0.4) is 0 Å². The van der Waals surface area contributed by atoms with Gasteiger partial charge in [-0.25, -0.2) is 9.78 Å². The summed E-state index contributed by atoms with van der Waals surface area (Å²) in [6.07, 6.45) is 4.67. The Morgan fingerprint density at radius 1 is 1.16 bits per heavy atom. The molecule has 0 spiro atoms. The highest BCUT2D eigenvalue weighted by Crippen LogP contribution is 2.51. The lowest BCUT2D eigenvalue weighted by Gasteiger charge is -2.36. The van der Waals surface area contributed by atoms with Crippen LogP contribution in [0.2, 0.25) is 0 Å². The van der Waals surface area contributed by atoms with E-state index < -0.39 is 16.8 Å². The number of nitrogens with zero attached hydrogens (tertiary/aromatic N) is 4. The number of amides is 4. The molecule has 1 saturated heterocycles. The fraction of sp³-hybridized carbons (Fsp3) is 0.378. The predicted octanol–water partition coefficient (Wildman–Crippen LogP) is 5.13. The number of carbonyl (C=O) groups excluding carboxylic acids is 3. The highest BCUT2D eigenvalue weighted by Gasteiger charge is 2.47. The minimum Gasteiger partial charge on any atom is -0.457 e. The maximum Gasteiger partial charge on any atom is 0.327 e. The monoisotopic (exact) mass is 695 g/mol. The van der Waals surface area contributed by atoms with Crippen molar-refractivity contribution in [1.82, 2.24) is 25.8 Å². The molecule has 2 unspecified atom stereocenters. The second-order valence-electron chi connectivity index (χ2n) is 13.1. The van der Waals surface area contributed by atoms with E-state index >= 15 is 0 Å². The van der Waals surface area contributed by atoms with E-state index in [0.717, 1.165) is 11.1 Å². The van der Waals surface area contributed by atoms with Gasteiger partial charge in [0.2, 0.25) is 5.91 Å². The average Bonchev–Trinajstić information content (AvgIpc) is 3.47. The van der Waals surface area contributed by atoms with Crippen LogP contribution in [0.5, 0.6) is 11.5 Å². The number of piperidine rings is 1. The summed E-state index contributed by atoms with van der Waals surface area (Å²) in [4.78, 5) is 48.8. The number of aryl methyl sites for hydroxylation is 1. The van der Waals surface area contributed by atoms with Crippen LogP contribution in [-0.4, -0.2) is 77.9 Å². The first-order valence-electron chi connectivity index (χ1n) is 16.6. The molecule has 0 saturated carbocycles. The molecule has 3 N–H and O–H groups in total. The molecule has 0 bridgehead atoms. The fourth-order valence-corrected chi connectivity index (χ4v) is 7.83. The molecule has 1 fully saturated rings. The number of urea groups is 1. The van der Waals surface area contributed by atoms with Gasteiger partial charge < -0.3 is 30.3 Å². The predicted molar refractivity (Wildman–Crippen MR) is 190 cm³/mol. The Kier molecular flexibility index (Phi) is 10.4. The average molecular weight is 696 g/mol. The van der Waals surface area contributed by atoms with Crippen molar-refractivity contribution in [3.8, 4) is 17.6 Å². The van der Waals surface area contributed by atoms with Crippen molar-refractivity contribution in [3.05, 3.63) is 83.6 Å². The van der Waals surface area contributed by atoms with Gasteiger partial charge in [0.25, 0.3) is 5.91 Å². The quantitative estimate of drug-likeness (QED) is 0.141. The highest BCUT2D eigenvalue weighted by atomic mass is 32.2. The van der Waals surface area contributed by atoms with Gasteiger partial charge in [-0.2, -0.15) is 5.26 Å². The number of nitrogens with one attached hydrogen (secondary N) is 3. The van der Waals surface area contributed by atoms with E-state index in [9.17, 15) is 19.6 Å². The van der Waals surface area contributed by atoms with Crippen LogP contribution in [0.25, 0.3) is 0 Å². The van der Waals surface area contributed by atoms with Gasteiger partial charge in [0.15, 0.2) is 0 Å².